The third-order valence-electron chi connectivity index (χ3n) is 3.02. The van der Waals surface area contributed by atoms with Gasteiger partial charge in [-0.3, -0.25) is 0 Å². The van der Waals surface area contributed by atoms with E-state index < -0.39 is 0 Å². The van der Waals surface area contributed by atoms with Crippen molar-refractivity contribution in [2.75, 3.05) is 0 Å². The molecule has 3 aromatic rings. The second-order valence-electron chi connectivity index (χ2n) is 4.19. The van der Waals surface area contributed by atoms with Gasteiger partial charge in [-0.2, -0.15) is 0 Å². The van der Waals surface area contributed by atoms with Crippen molar-refractivity contribution in [1.82, 2.24) is 4.57 Å². The Labute approximate surface area is 118 Å². The van der Waals surface area contributed by atoms with Crippen molar-refractivity contribution in [2.24, 2.45) is 0 Å². The van der Waals surface area contributed by atoms with Crippen LogP contribution < -0.4 is 0 Å². The van der Waals surface area contributed by atoms with Crippen molar-refractivity contribution in [3.05, 3.63) is 56.8 Å². The number of thiophene rings is 1. The number of fused-ring (bicyclic) bond motifs is 1. The molecule has 92 valence electrons. The van der Waals surface area contributed by atoms with Crippen molar-refractivity contribution in [3.8, 4) is 0 Å². The van der Waals surface area contributed by atoms with Gasteiger partial charge in [-0.05, 0) is 56.5 Å². The molecule has 0 unspecified atom stereocenters. The molecule has 1 N–H and O–H groups in total. The Morgan fingerprint density at radius 3 is 2.83 bits per heavy atom. The van der Waals surface area contributed by atoms with Crippen molar-refractivity contribution < 1.29 is 5.11 Å². The van der Waals surface area contributed by atoms with Crippen molar-refractivity contribution in [1.29, 1.82) is 0 Å². The van der Waals surface area contributed by atoms with E-state index in [0.29, 0.717) is 0 Å². The molecule has 0 saturated carbocycles. The lowest BCUT2D eigenvalue weighted by molar-refractivity contribution is 0.282. The Bertz CT molecular complexity index is 686. The van der Waals surface area contributed by atoms with Crippen LogP contribution in [0.4, 0.5) is 0 Å². The molecule has 0 spiro atoms. The van der Waals surface area contributed by atoms with Gasteiger partial charge in [0, 0.05) is 21.1 Å². The number of aromatic nitrogens is 1. The molecule has 0 aliphatic rings. The average molecular weight is 322 g/mol. The third kappa shape index (κ3) is 2.11. The van der Waals surface area contributed by atoms with Gasteiger partial charge in [-0.25, -0.2) is 0 Å². The smallest absolute Gasteiger partial charge is 0.0682 e. The van der Waals surface area contributed by atoms with E-state index in [1.165, 1.54) is 20.3 Å². The molecule has 2 aromatic heterocycles. The zero-order valence-electron chi connectivity index (χ0n) is 9.64. The van der Waals surface area contributed by atoms with Gasteiger partial charge in [0.2, 0.25) is 0 Å². The highest BCUT2D eigenvalue weighted by molar-refractivity contribution is 9.10. The molecule has 1 aromatic carbocycles. The SMILES string of the molecule is OCc1ccc2c(ccn2Cc2sccc2Br)c1. The van der Waals surface area contributed by atoms with Crippen LogP contribution in [0.2, 0.25) is 0 Å². The van der Waals surface area contributed by atoms with Crippen LogP contribution in [0.5, 0.6) is 0 Å². The Kier molecular flexibility index (Phi) is 3.24. The zero-order chi connectivity index (χ0) is 12.5. The summed E-state index contributed by atoms with van der Waals surface area (Å²) < 4.78 is 3.40. The molecule has 0 fully saturated rings. The predicted octanol–water partition coefficient (Wildman–Crippen LogP) is 4.01. The summed E-state index contributed by atoms with van der Waals surface area (Å²) in [5, 5.41) is 12.4. The average Bonchev–Trinajstić information content (AvgIpc) is 2.97. The fourth-order valence-corrected chi connectivity index (χ4v) is 3.55. The molecule has 0 radical (unpaired) electrons. The van der Waals surface area contributed by atoms with E-state index in [1.807, 2.05) is 12.1 Å². The van der Waals surface area contributed by atoms with Crippen molar-refractivity contribution in [3.63, 3.8) is 0 Å². The van der Waals surface area contributed by atoms with Crippen LogP contribution in [-0.4, -0.2) is 9.67 Å². The maximum Gasteiger partial charge on any atom is 0.0682 e. The monoisotopic (exact) mass is 321 g/mol. The summed E-state index contributed by atoms with van der Waals surface area (Å²) >= 11 is 5.32. The van der Waals surface area contributed by atoms with Crippen LogP contribution >= 0.6 is 27.3 Å². The van der Waals surface area contributed by atoms with E-state index in [0.717, 1.165) is 12.1 Å². The number of hydrogen-bond acceptors (Lipinski definition) is 2. The highest BCUT2D eigenvalue weighted by Crippen LogP contribution is 2.26. The number of halogens is 1. The van der Waals surface area contributed by atoms with Gasteiger partial charge in [-0.15, -0.1) is 11.3 Å². The standard InChI is InChI=1S/C14H12BrNOS/c15-12-4-6-18-14(12)8-16-5-3-11-7-10(9-17)1-2-13(11)16/h1-7,17H,8-9H2. The lowest BCUT2D eigenvalue weighted by Crippen LogP contribution is -1.96. The molecule has 2 heterocycles. The van der Waals surface area contributed by atoms with Gasteiger partial charge >= 0.3 is 0 Å². The Balaban J connectivity index is 2.00. The summed E-state index contributed by atoms with van der Waals surface area (Å²) in [5.74, 6) is 0. The van der Waals surface area contributed by atoms with E-state index >= 15 is 0 Å². The van der Waals surface area contributed by atoms with Gasteiger partial charge < -0.3 is 9.67 Å². The topological polar surface area (TPSA) is 25.2 Å². The highest BCUT2D eigenvalue weighted by atomic mass is 79.9. The summed E-state index contributed by atoms with van der Waals surface area (Å²) in [4.78, 5) is 1.32. The quantitative estimate of drug-likeness (QED) is 0.774. The largest absolute Gasteiger partial charge is 0.392 e. The molecule has 0 amide bonds. The number of aliphatic hydroxyl groups is 1. The van der Waals surface area contributed by atoms with Gasteiger partial charge in [-0.1, -0.05) is 6.07 Å². The van der Waals surface area contributed by atoms with Gasteiger partial charge in [0.05, 0.1) is 13.2 Å². The van der Waals surface area contributed by atoms with Gasteiger partial charge in [0.15, 0.2) is 0 Å². The second-order valence-corrected chi connectivity index (χ2v) is 6.04. The second kappa shape index (κ2) is 4.88. The minimum Gasteiger partial charge on any atom is -0.392 e. The van der Waals surface area contributed by atoms with Crippen molar-refractivity contribution >= 4 is 38.2 Å². The predicted molar refractivity (Wildman–Crippen MR) is 79.0 cm³/mol. The normalized spacial score (nSPS) is 11.2. The molecular formula is C14H12BrNOS. The molecule has 0 bridgehead atoms. The van der Waals surface area contributed by atoms with Crippen LogP contribution in [0.1, 0.15) is 10.4 Å². The summed E-state index contributed by atoms with van der Waals surface area (Å²) in [6.07, 6.45) is 2.10. The molecular weight excluding hydrogens is 310 g/mol. The summed E-state index contributed by atoms with van der Waals surface area (Å²) in [5.41, 5.74) is 2.16. The van der Waals surface area contributed by atoms with Crippen LogP contribution in [0.15, 0.2) is 46.4 Å². The molecule has 0 saturated heterocycles. The molecule has 4 heteroatoms. The summed E-state index contributed by atoms with van der Waals surface area (Å²) in [6, 6.07) is 10.3. The summed E-state index contributed by atoms with van der Waals surface area (Å²) in [6.45, 7) is 0.970. The number of hydrogen-bond donors (Lipinski definition) is 1. The molecule has 0 atom stereocenters. The maximum absolute atomic E-state index is 9.14. The van der Waals surface area contributed by atoms with E-state index in [9.17, 15) is 0 Å². The van der Waals surface area contributed by atoms with Crippen LogP contribution in [0, 0.1) is 0 Å². The van der Waals surface area contributed by atoms with Gasteiger partial charge in [0.25, 0.3) is 0 Å². The van der Waals surface area contributed by atoms with Crippen LogP contribution in [0.25, 0.3) is 10.9 Å². The van der Waals surface area contributed by atoms with Crippen LogP contribution in [-0.2, 0) is 13.2 Å². The fourth-order valence-electron chi connectivity index (χ4n) is 2.08. The van der Waals surface area contributed by atoms with Gasteiger partial charge in [0.1, 0.15) is 0 Å². The first-order valence-corrected chi connectivity index (χ1v) is 7.35. The minimum absolute atomic E-state index is 0.0948. The number of benzene rings is 1. The third-order valence-corrected chi connectivity index (χ3v) is 4.93. The lowest BCUT2D eigenvalue weighted by Gasteiger charge is -2.05. The Morgan fingerprint density at radius 2 is 2.11 bits per heavy atom. The molecule has 0 aliphatic heterocycles. The number of nitrogens with zero attached hydrogens (tertiary/aromatic N) is 1. The first kappa shape index (κ1) is 12.0. The van der Waals surface area contributed by atoms with Crippen molar-refractivity contribution in [2.45, 2.75) is 13.2 Å². The Hall–Kier alpha value is -1.10. The van der Waals surface area contributed by atoms with E-state index in [2.05, 4.69) is 50.3 Å². The minimum atomic E-state index is 0.0948. The Morgan fingerprint density at radius 1 is 1.22 bits per heavy atom. The van der Waals surface area contributed by atoms with E-state index in [1.54, 1.807) is 11.3 Å². The molecule has 3 rings (SSSR count). The fraction of sp³-hybridized carbons (Fsp3) is 0.143. The first-order valence-electron chi connectivity index (χ1n) is 5.68. The molecule has 2 nitrogen and oxygen atoms in total. The lowest BCUT2D eigenvalue weighted by atomic mass is 10.2. The van der Waals surface area contributed by atoms with E-state index in [4.69, 9.17) is 5.11 Å². The number of aliphatic hydroxyl groups excluding tert-OH is 1. The summed E-state index contributed by atoms with van der Waals surface area (Å²) in [7, 11) is 0. The molecule has 18 heavy (non-hydrogen) atoms. The molecule has 0 aliphatic carbocycles. The number of rotatable bonds is 3. The maximum atomic E-state index is 9.14. The highest BCUT2D eigenvalue weighted by Gasteiger charge is 2.06. The first-order chi connectivity index (χ1) is 8.78. The van der Waals surface area contributed by atoms with Crippen LogP contribution in [0.3, 0.4) is 0 Å². The van der Waals surface area contributed by atoms with E-state index in [-0.39, 0.29) is 6.61 Å². The zero-order valence-corrected chi connectivity index (χ0v) is 12.0.